The summed E-state index contributed by atoms with van der Waals surface area (Å²) in [7, 11) is 0. The summed E-state index contributed by atoms with van der Waals surface area (Å²) < 4.78 is 0. The second kappa shape index (κ2) is 8.58. The molecule has 31 heavy (non-hydrogen) atoms. The van der Waals surface area contributed by atoms with Gasteiger partial charge in [-0.25, -0.2) is 9.98 Å². The molecule has 1 atom stereocenters. The maximum absolute atomic E-state index is 6.28. The van der Waals surface area contributed by atoms with Crippen molar-refractivity contribution >= 4 is 23.3 Å². The second-order valence-electron chi connectivity index (χ2n) is 7.28. The zero-order valence-electron chi connectivity index (χ0n) is 16.7. The number of aliphatic imine (C=N–C) groups is 2. The fourth-order valence-electron chi connectivity index (χ4n) is 3.61. The van der Waals surface area contributed by atoms with Gasteiger partial charge in [-0.05, 0) is 22.3 Å². The molecule has 1 aliphatic rings. The predicted octanol–water partition coefficient (Wildman–Crippen LogP) is 6.34. The highest BCUT2D eigenvalue weighted by molar-refractivity contribution is 6.25. The van der Waals surface area contributed by atoms with Crippen molar-refractivity contribution in [3.63, 3.8) is 0 Å². The van der Waals surface area contributed by atoms with Gasteiger partial charge in [0.05, 0.1) is 0 Å². The van der Waals surface area contributed by atoms with Crippen molar-refractivity contribution in [2.75, 3.05) is 0 Å². The van der Waals surface area contributed by atoms with Gasteiger partial charge in [-0.2, -0.15) is 0 Å². The van der Waals surface area contributed by atoms with Gasteiger partial charge >= 0.3 is 0 Å². The quantitative estimate of drug-likeness (QED) is 0.303. The summed E-state index contributed by atoms with van der Waals surface area (Å²) >= 11 is 6.28. The molecule has 0 aromatic heterocycles. The molecule has 0 aliphatic carbocycles. The number of halogens is 1. The summed E-state index contributed by atoms with van der Waals surface area (Å²) in [5.74, 6) is 1.45. The lowest BCUT2D eigenvalue weighted by Crippen LogP contribution is -2.36. The number of nitrogens with zero attached hydrogens (tertiary/aromatic N) is 2. The van der Waals surface area contributed by atoms with Crippen molar-refractivity contribution in [1.82, 2.24) is 5.32 Å². The number of amidine groups is 2. The average Bonchev–Trinajstić information content (AvgIpc) is 2.85. The third kappa shape index (κ3) is 4.27. The van der Waals surface area contributed by atoms with E-state index in [4.69, 9.17) is 11.6 Å². The van der Waals surface area contributed by atoms with E-state index in [0.717, 1.165) is 28.4 Å². The fourth-order valence-corrected chi connectivity index (χ4v) is 3.81. The number of alkyl halides is 1. The average molecular weight is 422 g/mol. The minimum Gasteiger partial charge on any atom is -0.324 e. The molecular formula is C27H20ClN3. The Morgan fingerprint density at radius 1 is 0.452 bits per heavy atom. The Kier molecular flexibility index (Phi) is 5.34. The molecule has 4 heteroatoms. The van der Waals surface area contributed by atoms with Gasteiger partial charge in [-0.15, -0.1) is 0 Å². The largest absolute Gasteiger partial charge is 0.324 e. The SMILES string of the molecule is ClC1N=C(c2ccccc2)NC(c2ccc(-c3ccc(-c4ccccc4)cc3)cc2)=N1. The van der Waals surface area contributed by atoms with Gasteiger partial charge in [0.15, 0.2) is 0 Å². The zero-order valence-corrected chi connectivity index (χ0v) is 17.5. The number of benzene rings is 4. The van der Waals surface area contributed by atoms with E-state index >= 15 is 0 Å². The number of rotatable bonds is 4. The predicted molar refractivity (Wildman–Crippen MR) is 130 cm³/mol. The molecule has 1 heterocycles. The molecule has 0 fully saturated rings. The van der Waals surface area contributed by atoms with Gasteiger partial charge in [0, 0.05) is 11.1 Å². The van der Waals surface area contributed by atoms with Crippen LogP contribution in [0.15, 0.2) is 119 Å². The lowest BCUT2D eigenvalue weighted by atomic mass is 9.99. The van der Waals surface area contributed by atoms with Crippen LogP contribution in [0.4, 0.5) is 0 Å². The monoisotopic (exact) mass is 421 g/mol. The van der Waals surface area contributed by atoms with Crippen LogP contribution in [0.5, 0.6) is 0 Å². The van der Waals surface area contributed by atoms with Gasteiger partial charge < -0.3 is 5.32 Å². The third-order valence-corrected chi connectivity index (χ3v) is 5.43. The molecular weight excluding hydrogens is 402 g/mol. The molecule has 4 aromatic rings. The fraction of sp³-hybridized carbons (Fsp3) is 0.0370. The van der Waals surface area contributed by atoms with Crippen LogP contribution in [0.2, 0.25) is 0 Å². The smallest absolute Gasteiger partial charge is 0.219 e. The molecule has 0 saturated carbocycles. The van der Waals surface area contributed by atoms with E-state index in [1.54, 1.807) is 0 Å². The first kappa shape index (κ1) is 19.3. The summed E-state index contributed by atoms with van der Waals surface area (Å²) in [4.78, 5) is 8.87. The normalized spacial score (nSPS) is 15.6. The first-order chi connectivity index (χ1) is 15.3. The summed E-state index contributed by atoms with van der Waals surface area (Å²) in [6.45, 7) is 0. The van der Waals surface area contributed by atoms with Gasteiger partial charge in [0.2, 0.25) is 5.62 Å². The minimum atomic E-state index is -0.642. The maximum Gasteiger partial charge on any atom is 0.219 e. The zero-order chi connectivity index (χ0) is 21.0. The lowest BCUT2D eigenvalue weighted by Gasteiger charge is -2.19. The van der Waals surface area contributed by atoms with Crippen molar-refractivity contribution in [2.24, 2.45) is 9.98 Å². The Morgan fingerprint density at radius 2 is 0.774 bits per heavy atom. The number of hydrogen-bond acceptors (Lipinski definition) is 3. The van der Waals surface area contributed by atoms with Crippen LogP contribution in [0.25, 0.3) is 22.3 Å². The lowest BCUT2D eigenvalue weighted by molar-refractivity contribution is 0.927. The summed E-state index contributed by atoms with van der Waals surface area (Å²) in [5.41, 5.74) is 6.07. The molecule has 3 nitrogen and oxygen atoms in total. The minimum absolute atomic E-state index is 0.642. The van der Waals surface area contributed by atoms with Crippen LogP contribution in [-0.2, 0) is 0 Å². The highest BCUT2D eigenvalue weighted by Gasteiger charge is 2.17. The molecule has 0 radical (unpaired) electrons. The van der Waals surface area contributed by atoms with Gasteiger partial charge in [-0.1, -0.05) is 121 Å². The molecule has 0 spiro atoms. The van der Waals surface area contributed by atoms with Crippen LogP contribution >= 0.6 is 11.6 Å². The van der Waals surface area contributed by atoms with Crippen LogP contribution in [0.1, 0.15) is 11.1 Å². The van der Waals surface area contributed by atoms with Crippen molar-refractivity contribution in [3.8, 4) is 22.3 Å². The molecule has 0 bridgehead atoms. The summed E-state index contributed by atoms with van der Waals surface area (Å²) in [6.07, 6.45) is 0. The second-order valence-corrected chi connectivity index (χ2v) is 7.67. The first-order valence-electron chi connectivity index (χ1n) is 10.1. The van der Waals surface area contributed by atoms with Crippen LogP contribution in [0.3, 0.4) is 0 Å². The Balaban J connectivity index is 1.35. The third-order valence-electron chi connectivity index (χ3n) is 5.24. The van der Waals surface area contributed by atoms with Gasteiger partial charge in [-0.3, -0.25) is 0 Å². The van der Waals surface area contributed by atoms with E-state index in [1.807, 2.05) is 36.4 Å². The topological polar surface area (TPSA) is 36.8 Å². The highest BCUT2D eigenvalue weighted by Crippen LogP contribution is 2.25. The molecule has 1 aliphatic heterocycles. The Labute approximate surface area is 186 Å². The Hall–Kier alpha value is -3.69. The first-order valence-corrected chi connectivity index (χ1v) is 10.6. The Bertz CT molecular complexity index is 1230. The van der Waals surface area contributed by atoms with E-state index in [1.165, 1.54) is 16.7 Å². The molecule has 5 rings (SSSR count). The number of hydrogen-bond donors (Lipinski definition) is 1. The molecule has 0 amide bonds. The van der Waals surface area contributed by atoms with Crippen molar-refractivity contribution in [2.45, 2.75) is 5.62 Å². The van der Waals surface area contributed by atoms with E-state index in [-0.39, 0.29) is 0 Å². The van der Waals surface area contributed by atoms with E-state index in [0.29, 0.717) is 0 Å². The standard InChI is InChI=1S/C27H20ClN3/c28-27-30-25(23-9-5-2-6-10-23)29-26(31-27)24-17-15-22(16-18-24)21-13-11-20(12-14-21)19-7-3-1-4-8-19/h1-18,27H,(H,29,30,31). The molecule has 0 saturated heterocycles. The molecule has 4 aromatic carbocycles. The van der Waals surface area contributed by atoms with Crippen LogP contribution in [0, 0.1) is 0 Å². The highest BCUT2D eigenvalue weighted by atomic mass is 35.5. The molecule has 1 unspecified atom stereocenters. The summed E-state index contributed by atoms with van der Waals surface area (Å²) in [6, 6.07) is 37.3. The van der Waals surface area contributed by atoms with Gasteiger partial charge in [0.1, 0.15) is 11.7 Å². The van der Waals surface area contributed by atoms with Crippen molar-refractivity contribution in [3.05, 3.63) is 120 Å². The molecule has 150 valence electrons. The van der Waals surface area contributed by atoms with E-state index in [9.17, 15) is 0 Å². The van der Waals surface area contributed by atoms with Crippen molar-refractivity contribution in [1.29, 1.82) is 0 Å². The Morgan fingerprint density at radius 3 is 1.23 bits per heavy atom. The summed E-state index contributed by atoms with van der Waals surface area (Å²) in [5, 5.41) is 3.32. The van der Waals surface area contributed by atoms with Gasteiger partial charge in [0.25, 0.3) is 0 Å². The number of nitrogens with one attached hydrogen (secondary N) is 1. The molecule has 1 N–H and O–H groups in total. The van der Waals surface area contributed by atoms with Crippen LogP contribution < -0.4 is 5.32 Å². The maximum atomic E-state index is 6.28. The van der Waals surface area contributed by atoms with E-state index in [2.05, 4.69) is 88.1 Å². The van der Waals surface area contributed by atoms with E-state index < -0.39 is 5.62 Å². The van der Waals surface area contributed by atoms with Crippen LogP contribution in [-0.4, -0.2) is 17.3 Å². The van der Waals surface area contributed by atoms with Crippen molar-refractivity contribution < 1.29 is 0 Å².